The largest absolute Gasteiger partial charge is 0.505 e. The van der Waals surface area contributed by atoms with E-state index in [9.17, 15) is 9.90 Å². The first-order valence-electron chi connectivity index (χ1n) is 5.24. The van der Waals surface area contributed by atoms with Gasteiger partial charge >= 0.3 is 5.97 Å². The second-order valence-electron chi connectivity index (χ2n) is 4.74. The molecule has 0 amide bonds. The quantitative estimate of drug-likeness (QED) is 0.612. The molecular formula is C11H12ClN3O3. The van der Waals surface area contributed by atoms with Crippen LogP contribution in [0.2, 0.25) is 5.15 Å². The fraction of sp³-hybridized carbons (Fsp3) is 0.364. The number of carbonyl (C=O) groups excluding carboxylic acids is 1. The van der Waals surface area contributed by atoms with Crippen molar-refractivity contribution in [1.29, 1.82) is 0 Å². The minimum Gasteiger partial charge on any atom is -0.505 e. The molecule has 0 aliphatic carbocycles. The van der Waals surface area contributed by atoms with Gasteiger partial charge in [0.15, 0.2) is 11.4 Å². The summed E-state index contributed by atoms with van der Waals surface area (Å²) in [6.45, 7) is 5.20. The van der Waals surface area contributed by atoms with Gasteiger partial charge in [-0.2, -0.15) is 0 Å². The molecule has 7 heteroatoms. The van der Waals surface area contributed by atoms with Gasteiger partial charge < -0.3 is 14.8 Å². The molecule has 0 saturated heterocycles. The second-order valence-corrected chi connectivity index (χ2v) is 5.10. The van der Waals surface area contributed by atoms with Crippen molar-refractivity contribution in [2.45, 2.75) is 26.4 Å². The molecule has 18 heavy (non-hydrogen) atoms. The number of hydrogen-bond donors (Lipinski definition) is 2. The summed E-state index contributed by atoms with van der Waals surface area (Å²) < 4.78 is 5.15. The number of fused-ring (bicyclic) bond motifs is 1. The third-order valence-corrected chi connectivity index (χ3v) is 2.41. The Kier molecular flexibility index (Phi) is 2.90. The number of aromatic amines is 1. The minimum absolute atomic E-state index is 0.0727. The number of hydrogen-bond acceptors (Lipinski definition) is 5. The SMILES string of the molecule is CC(C)(C)OC(=O)c1[nH]c2ncnc(Cl)c2c1O. The summed E-state index contributed by atoms with van der Waals surface area (Å²) >= 11 is 5.83. The highest BCUT2D eigenvalue weighted by Crippen LogP contribution is 2.32. The summed E-state index contributed by atoms with van der Waals surface area (Å²) in [6.07, 6.45) is 1.24. The van der Waals surface area contributed by atoms with E-state index in [1.165, 1.54) is 6.33 Å². The smallest absolute Gasteiger partial charge is 0.359 e. The van der Waals surface area contributed by atoms with Crippen LogP contribution in [0.1, 0.15) is 31.3 Å². The fourth-order valence-corrected chi connectivity index (χ4v) is 1.67. The Morgan fingerprint density at radius 3 is 2.67 bits per heavy atom. The van der Waals surface area contributed by atoms with Crippen LogP contribution in [0.25, 0.3) is 11.0 Å². The van der Waals surface area contributed by atoms with Gasteiger partial charge in [0.1, 0.15) is 22.7 Å². The molecule has 6 nitrogen and oxygen atoms in total. The Labute approximate surface area is 108 Å². The number of rotatable bonds is 1. The van der Waals surface area contributed by atoms with Gasteiger partial charge in [0, 0.05) is 0 Å². The average Bonchev–Trinajstić information content (AvgIpc) is 2.55. The van der Waals surface area contributed by atoms with Crippen molar-refractivity contribution < 1.29 is 14.6 Å². The van der Waals surface area contributed by atoms with Gasteiger partial charge in [0.25, 0.3) is 0 Å². The van der Waals surface area contributed by atoms with Crippen LogP contribution in [0.4, 0.5) is 0 Å². The maximum absolute atomic E-state index is 11.9. The minimum atomic E-state index is -0.672. The summed E-state index contributed by atoms with van der Waals surface area (Å²) in [5.41, 5.74) is -0.452. The zero-order valence-electron chi connectivity index (χ0n) is 10.1. The summed E-state index contributed by atoms with van der Waals surface area (Å²) in [6, 6.07) is 0. The number of nitrogens with zero attached hydrogens (tertiary/aromatic N) is 2. The molecule has 0 aliphatic rings. The zero-order valence-corrected chi connectivity index (χ0v) is 10.9. The molecule has 0 atom stereocenters. The molecule has 0 bridgehead atoms. The Morgan fingerprint density at radius 2 is 2.11 bits per heavy atom. The maximum Gasteiger partial charge on any atom is 0.359 e. The van der Waals surface area contributed by atoms with Crippen molar-refractivity contribution in [3.8, 4) is 5.75 Å². The number of ether oxygens (including phenoxy) is 1. The Morgan fingerprint density at radius 1 is 1.44 bits per heavy atom. The standard InChI is InChI=1S/C11H12ClN3O3/c1-11(2,3)18-10(17)6-7(16)5-8(12)13-4-14-9(5)15-6/h4,16H,1-3H3,(H,13,14,15). The van der Waals surface area contributed by atoms with E-state index in [0.717, 1.165) is 0 Å². The van der Waals surface area contributed by atoms with Crippen molar-refractivity contribution in [3.05, 3.63) is 17.2 Å². The predicted octanol–water partition coefficient (Wildman–Crippen LogP) is 2.27. The van der Waals surface area contributed by atoms with E-state index in [0.29, 0.717) is 0 Å². The molecule has 96 valence electrons. The van der Waals surface area contributed by atoms with Crippen LogP contribution in [0.15, 0.2) is 6.33 Å². The van der Waals surface area contributed by atoms with E-state index in [1.54, 1.807) is 20.8 Å². The maximum atomic E-state index is 11.9. The molecule has 2 aromatic rings. The Balaban J connectivity index is 2.50. The highest BCUT2D eigenvalue weighted by atomic mass is 35.5. The molecular weight excluding hydrogens is 258 g/mol. The number of carbonyl (C=O) groups is 1. The summed E-state index contributed by atoms with van der Waals surface area (Å²) in [7, 11) is 0. The van der Waals surface area contributed by atoms with E-state index in [2.05, 4.69) is 15.0 Å². The van der Waals surface area contributed by atoms with Crippen LogP contribution < -0.4 is 0 Å². The molecule has 0 radical (unpaired) electrons. The van der Waals surface area contributed by atoms with Crippen molar-refractivity contribution >= 4 is 28.6 Å². The average molecular weight is 270 g/mol. The number of esters is 1. The van der Waals surface area contributed by atoms with Crippen molar-refractivity contribution in [2.24, 2.45) is 0 Å². The molecule has 2 N–H and O–H groups in total. The third-order valence-electron chi connectivity index (χ3n) is 2.12. The van der Waals surface area contributed by atoms with E-state index in [-0.39, 0.29) is 27.6 Å². The summed E-state index contributed by atoms with van der Waals surface area (Å²) in [4.78, 5) is 22.1. The lowest BCUT2D eigenvalue weighted by atomic mass is 10.2. The third kappa shape index (κ3) is 2.24. The van der Waals surface area contributed by atoms with Gasteiger partial charge in [-0.05, 0) is 20.8 Å². The van der Waals surface area contributed by atoms with Gasteiger partial charge in [0.05, 0.1) is 5.39 Å². The van der Waals surface area contributed by atoms with Crippen LogP contribution in [0, 0.1) is 0 Å². The number of halogens is 1. The number of aromatic nitrogens is 3. The van der Waals surface area contributed by atoms with Crippen molar-refractivity contribution in [2.75, 3.05) is 0 Å². The Bertz CT molecular complexity index is 616. The summed E-state index contributed by atoms with van der Waals surface area (Å²) in [5, 5.41) is 10.2. The molecule has 0 aromatic carbocycles. The van der Waals surface area contributed by atoms with Crippen LogP contribution in [0.5, 0.6) is 5.75 Å². The van der Waals surface area contributed by atoms with E-state index in [1.807, 2.05) is 0 Å². The number of H-pyrrole nitrogens is 1. The first-order valence-corrected chi connectivity index (χ1v) is 5.62. The molecule has 2 heterocycles. The van der Waals surface area contributed by atoms with Gasteiger partial charge in [0.2, 0.25) is 0 Å². The van der Waals surface area contributed by atoms with Crippen molar-refractivity contribution in [3.63, 3.8) is 0 Å². The molecule has 0 fully saturated rings. The van der Waals surface area contributed by atoms with E-state index >= 15 is 0 Å². The highest BCUT2D eigenvalue weighted by molar-refractivity contribution is 6.34. The first kappa shape index (κ1) is 12.6. The molecule has 0 saturated carbocycles. The lowest BCUT2D eigenvalue weighted by Crippen LogP contribution is -2.24. The van der Waals surface area contributed by atoms with Gasteiger partial charge in [-0.15, -0.1) is 0 Å². The second kappa shape index (κ2) is 4.13. The van der Waals surface area contributed by atoms with Crippen LogP contribution in [0.3, 0.4) is 0 Å². The topological polar surface area (TPSA) is 88.1 Å². The first-order chi connectivity index (χ1) is 8.29. The van der Waals surface area contributed by atoms with Crippen LogP contribution >= 0.6 is 11.6 Å². The van der Waals surface area contributed by atoms with Gasteiger partial charge in [-0.1, -0.05) is 11.6 Å². The van der Waals surface area contributed by atoms with Gasteiger partial charge in [-0.3, -0.25) is 0 Å². The zero-order chi connectivity index (χ0) is 13.5. The number of aromatic hydroxyl groups is 1. The molecule has 2 aromatic heterocycles. The molecule has 0 aliphatic heterocycles. The summed E-state index contributed by atoms with van der Waals surface area (Å²) in [5.74, 6) is -0.973. The van der Waals surface area contributed by atoms with Crippen LogP contribution in [-0.4, -0.2) is 31.6 Å². The van der Waals surface area contributed by atoms with E-state index in [4.69, 9.17) is 16.3 Å². The highest BCUT2D eigenvalue weighted by Gasteiger charge is 2.25. The molecule has 2 rings (SSSR count). The fourth-order valence-electron chi connectivity index (χ4n) is 1.45. The normalized spacial score (nSPS) is 11.8. The van der Waals surface area contributed by atoms with E-state index < -0.39 is 11.6 Å². The molecule has 0 unspecified atom stereocenters. The number of nitrogens with one attached hydrogen (secondary N) is 1. The molecule has 0 spiro atoms. The van der Waals surface area contributed by atoms with Gasteiger partial charge in [-0.25, -0.2) is 14.8 Å². The Hall–Kier alpha value is -1.82. The van der Waals surface area contributed by atoms with Crippen molar-refractivity contribution in [1.82, 2.24) is 15.0 Å². The lowest BCUT2D eigenvalue weighted by Gasteiger charge is -2.18. The lowest BCUT2D eigenvalue weighted by molar-refractivity contribution is 0.00611. The predicted molar refractivity (Wildman–Crippen MR) is 65.7 cm³/mol. The van der Waals surface area contributed by atoms with Crippen LogP contribution in [-0.2, 0) is 4.74 Å². The monoisotopic (exact) mass is 269 g/mol.